The summed E-state index contributed by atoms with van der Waals surface area (Å²) in [6.45, 7) is 5.73. The van der Waals surface area contributed by atoms with Crippen LogP contribution in [0.3, 0.4) is 0 Å². The van der Waals surface area contributed by atoms with Crippen molar-refractivity contribution in [3.8, 4) is 0 Å². The van der Waals surface area contributed by atoms with Crippen LogP contribution >= 0.6 is 0 Å². The summed E-state index contributed by atoms with van der Waals surface area (Å²) in [4.78, 5) is 4.39. The summed E-state index contributed by atoms with van der Waals surface area (Å²) in [6.07, 6.45) is 7.49. The molecule has 0 bridgehead atoms. The number of hydrogen-bond acceptors (Lipinski definition) is 2. The van der Waals surface area contributed by atoms with Crippen molar-refractivity contribution in [3.63, 3.8) is 0 Å². The molecule has 1 fully saturated rings. The van der Waals surface area contributed by atoms with E-state index < -0.39 is 0 Å². The van der Waals surface area contributed by atoms with Gasteiger partial charge in [-0.1, -0.05) is 25.8 Å². The van der Waals surface area contributed by atoms with Crippen molar-refractivity contribution in [2.24, 2.45) is 11.8 Å². The van der Waals surface area contributed by atoms with Crippen molar-refractivity contribution in [3.05, 3.63) is 30.1 Å². The lowest BCUT2D eigenvalue weighted by molar-refractivity contribution is 0.268. The molecule has 1 aromatic heterocycles. The minimum atomic E-state index is 0.369. The molecule has 17 heavy (non-hydrogen) atoms. The van der Waals surface area contributed by atoms with Gasteiger partial charge in [0, 0.05) is 12.2 Å². The van der Waals surface area contributed by atoms with Crippen LogP contribution in [0.4, 0.5) is 0 Å². The monoisotopic (exact) mass is 232 g/mol. The highest BCUT2D eigenvalue weighted by Crippen LogP contribution is 2.28. The van der Waals surface area contributed by atoms with E-state index in [0.717, 1.165) is 24.1 Å². The van der Waals surface area contributed by atoms with Crippen molar-refractivity contribution in [1.29, 1.82) is 0 Å². The lowest BCUT2D eigenvalue weighted by atomic mass is 9.82. The molecular formula is C15H24N2. The van der Waals surface area contributed by atoms with Crippen molar-refractivity contribution in [2.45, 2.75) is 45.6 Å². The van der Waals surface area contributed by atoms with Gasteiger partial charge < -0.3 is 5.32 Å². The summed E-state index contributed by atoms with van der Waals surface area (Å²) in [7, 11) is 0. The molecule has 2 rings (SSSR count). The average molecular weight is 232 g/mol. The van der Waals surface area contributed by atoms with Crippen LogP contribution in [0.5, 0.6) is 0 Å². The quantitative estimate of drug-likeness (QED) is 0.858. The van der Waals surface area contributed by atoms with Gasteiger partial charge in [-0.15, -0.1) is 0 Å². The molecule has 1 aliphatic carbocycles. The van der Waals surface area contributed by atoms with Crippen molar-refractivity contribution < 1.29 is 0 Å². The van der Waals surface area contributed by atoms with Gasteiger partial charge in [0.15, 0.2) is 0 Å². The molecule has 3 unspecified atom stereocenters. The smallest absolute Gasteiger partial charge is 0.0570 e. The van der Waals surface area contributed by atoms with E-state index in [1.54, 1.807) is 0 Å². The van der Waals surface area contributed by atoms with Crippen molar-refractivity contribution in [2.75, 3.05) is 6.54 Å². The first-order valence-electron chi connectivity index (χ1n) is 6.90. The second kappa shape index (κ2) is 6.15. The summed E-state index contributed by atoms with van der Waals surface area (Å²) in [5, 5.41) is 3.63. The lowest BCUT2D eigenvalue weighted by Crippen LogP contribution is -2.29. The second-order valence-electron chi connectivity index (χ2n) is 5.52. The molecule has 0 radical (unpaired) electrons. The SMILES string of the molecule is CC1CCCC(CNC(C)c2ccccn2)C1. The number of aromatic nitrogens is 1. The van der Waals surface area contributed by atoms with Crippen molar-refractivity contribution in [1.82, 2.24) is 10.3 Å². The molecule has 2 heteroatoms. The van der Waals surface area contributed by atoms with E-state index in [0.29, 0.717) is 6.04 Å². The second-order valence-corrected chi connectivity index (χ2v) is 5.52. The number of nitrogens with zero attached hydrogens (tertiary/aromatic N) is 1. The topological polar surface area (TPSA) is 24.9 Å². The Labute approximate surface area is 105 Å². The maximum Gasteiger partial charge on any atom is 0.0570 e. The van der Waals surface area contributed by atoms with E-state index in [1.807, 2.05) is 12.3 Å². The summed E-state index contributed by atoms with van der Waals surface area (Å²) in [5.74, 6) is 1.78. The number of rotatable bonds is 4. The minimum absolute atomic E-state index is 0.369. The highest BCUT2D eigenvalue weighted by molar-refractivity contribution is 5.07. The highest BCUT2D eigenvalue weighted by atomic mass is 14.9. The molecule has 0 amide bonds. The zero-order valence-corrected chi connectivity index (χ0v) is 11.0. The van der Waals surface area contributed by atoms with E-state index in [4.69, 9.17) is 0 Å². The third kappa shape index (κ3) is 3.81. The molecule has 0 spiro atoms. The molecule has 3 atom stereocenters. The van der Waals surface area contributed by atoms with Crippen LogP contribution in [-0.4, -0.2) is 11.5 Å². The van der Waals surface area contributed by atoms with Crippen LogP contribution in [0.2, 0.25) is 0 Å². The summed E-state index contributed by atoms with van der Waals surface area (Å²) in [6, 6.07) is 6.50. The fourth-order valence-corrected chi connectivity index (χ4v) is 2.83. The molecule has 1 N–H and O–H groups in total. The Morgan fingerprint density at radius 1 is 1.41 bits per heavy atom. The zero-order chi connectivity index (χ0) is 12.1. The van der Waals surface area contributed by atoms with E-state index >= 15 is 0 Å². The maximum absolute atomic E-state index is 4.39. The van der Waals surface area contributed by atoms with Gasteiger partial charge in [0.1, 0.15) is 0 Å². The molecule has 0 aliphatic heterocycles. The first-order valence-corrected chi connectivity index (χ1v) is 6.90. The molecular weight excluding hydrogens is 208 g/mol. The number of nitrogens with one attached hydrogen (secondary N) is 1. The third-order valence-corrected chi connectivity index (χ3v) is 3.89. The Hall–Kier alpha value is -0.890. The first-order chi connectivity index (χ1) is 8.25. The average Bonchev–Trinajstić information content (AvgIpc) is 2.37. The van der Waals surface area contributed by atoms with Crippen LogP contribution in [0.25, 0.3) is 0 Å². The molecule has 2 nitrogen and oxygen atoms in total. The summed E-state index contributed by atoms with van der Waals surface area (Å²) < 4.78 is 0. The summed E-state index contributed by atoms with van der Waals surface area (Å²) >= 11 is 0. The van der Waals surface area contributed by atoms with Crippen LogP contribution in [0.15, 0.2) is 24.4 Å². The van der Waals surface area contributed by atoms with Crippen LogP contribution in [0, 0.1) is 11.8 Å². The lowest BCUT2D eigenvalue weighted by Gasteiger charge is -2.28. The van der Waals surface area contributed by atoms with Crippen LogP contribution in [0.1, 0.15) is 51.3 Å². The van der Waals surface area contributed by atoms with Gasteiger partial charge in [0.2, 0.25) is 0 Å². The van der Waals surface area contributed by atoms with Crippen LogP contribution < -0.4 is 5.32 Å². The van der Waals surface area contributed by atoms with Gasteiger partial charge in [0.05, 0.1) is 5.69 Å². The fourth-order valence-electron chi connectivity index (χ4n) is 2.83. The Bertz CT molecular complexity index is 323. The normalized spacial score (nSPS) is 26.7. The standard InChI is InChI=1S/C15H24N2/c1-12-6-5-7-14(10-12)11-17-13(2)15-8-3-4-9-16-15/h3-4,8-9,12-14,17H,5-7,10-11H2,1-2H3. The highest BCUT2D eigenvalue weighted by Gasteiger charge is 2.19. The minimum Gasteiger partial charge on any atom is -0.309 e. The zero-order valence-electron chi connectivity index (χ0n) is 11.0. The number of hydrogen-bond donors (Lipinski definition) is 1. The van der Waals surface area contributed by atoms with E-state index in [9.17, 15) is 0 Å². The van der Waals surface area contributed by atoms with E-state index in [-0.39, 0.29) is 0 Å². The number of pyridine rings is 1. The molecule has 1 aliphatic rings. The molecule has 1 heterocycles. The molecule has 0 aromatic carbocycles. The largest absolute Gasteiger partial charge is 0.309 e. The van der Waals surface area contributed by atoms with E-state index in [2.05, 4.69) is 36.3 Å². The fraction of sp³-hybridized carbons (Fsp3) is 0.667. The van der Waals surface area contributed by atoms with Gasteiger partial charge in [0.25, 0.3) is 0 Å². The Morgan fingerprint density at radius 2 is 2.29 bits per heavy atom. The molecule has 94 valence electrons. The van der Waals surface area contributed by atoms with Gasteiger partial charge in [-0.05, 0) is 50.3 Å². The summed E-state index contributed by atoms with van der Waals surface area (Å²) in [5.41, 5.74) is 1.15. The van der Waals surface area contributed by atoms with Crippen molar-refractivity contribution >= 4 is 0 Å². The predicted molar refractivity (Wildman–Crippen MR) is 71.8 cm³/mol. The van der Waals surface area contributed by atoms with E-state index in [1.165, 1.54) is 25.7 Å². The molecule has 0 saturated heterocycles. The first kappa shape index (κ1) is 12.6. The van der Waals surface area contributed by atoms with Gasteiger partial charge in [-0.2, -0.15) is 0 Å². The maximum atomic E-state index is 4.39. The third-order valence-electron chi connectivity index (χ3n) is 3.89. The van der Waals surface area contributed by atoms with Gasteiger partial charge in [-0.3, -0.25) is 4.98 Å². The van der Waals surface area contributed by atoms with Crippen LogP contribution in [-0.2, 0) is 0 Å². The predicted octanol–water partition coefficient (Wildman–Crippen LogP) is 3.56. The van der Waals surface area contributed by atoms with Gasteiger partial charge in [-0.25, -0.2) is 0 Å². The Balaban J connectivity index is 1.78. The molecule has 1 saturated carbocycles. The Morgan fingerprint density at radius 3 is 3.00 bits per heavy atom. The van der Waals surface area contributed by atoms with Gasteiger partial charge >= 0.3 is 0 Å². The molecule has 1 aromatic rings. The Kier molecular flexibility index (Phi) is 4.55.